The summed E-state index contributed by atoms with van der Waals surface area (Å²) in [7, 11) is 2.11. The minimum Gasteiger partial charge on any atom is -0.359 e. The number of amides is 1. The van der Waals surface area contributed by atoms with Crippen LogP contribution in [0.4, 0.5) is 5.82 Å². The topological polar surface area (TPSA) is 62.2 Å². The standard InChI is InChI=1S/C19H25N5OS/c1-12-15-7-5-8-23(3)18(15)22-17(21-12)14-6-4-9-24(10-14)19(25)16-13(2)20-11-26-16/h11,14H,4-10H2,1-3H3. The van der Waals surface area contributed by atoms with Crippen molar-refractivity contribution >= 4 is 23.1 Å². The summed E-state index contributed by atoms with van der Waals surface area (Å²) in [5.74, 6) is 2.29. The first-order valence-electron chi connectivity index (χ1n) is 9.32. The summed E-state index contributed by atoms with van der Waals surface area (Å²) in [5.41, 5.74) is 4.95. The van der Waals surface area contributed by atoms with Gasteiger partial charge in [-0.3, -0.25) is 4.79 Å². The Balaban J connectivity index is 1.59. The molecule has 2 aliphatic heterocycles. The summed E-state index contributed by atoms with van der Waals surface area (Å²) < 4.78 is 0. The molecule has 1 fully saturated rings. The lowest BCUT2D eigenvalue weighted by Crippen LogP contribution is -2.39. The van der Waals surface area contributed by atoms with Crippen LogP contribution >= 0.6 is 11.3 Å². The number of hydrogen-bond donors (Lipinski definition) is 0. The van der Waals surface area contributed by atoms with Crippen molar-refractivity contribution in [2.75, 3.05) is 31.6 Å². The number of aryl methyl sites for hydroxylation is 2. The zero-order chi connectivity index (χ0) is 18.3. The van der Waals surface area contributed by atoms with Gasteiger partial charge in [-0.1, -0.05) is 0 Å². The molecule has 138 valence electrons. The first-order valence-corrected chi connectivity index (χ1v) is 10.2. The van der Waals surface area contributed by atoms with Crippen LogP contribution in [0.5, 0.6) is 0 Å². The van der Waals surface area contributed by atoms with Crippen LogP contribution in [-0.2, 0) is 6.42 Å². The molecule has 26 heavy (non-hydrogen) atoms. The van der Waals surface area contributed by atoms with E-state index in [4.69, 9.17) is 9.97 Å². The van der Waals surface area contributed by atoms with Gasteiger partial charge in [0.1, 0.15) is 16.5 Å². The maximum absolute atomic E-state index is 12.9. The van der Waals surface area contributed by atoms with E-state index in [9.17, 15) is 4.79 Å². The van der Waals surface area contributed by atoms with Crippen molar-refractivity contribution in [1.29, 1.82) is 0 Å². The minimum atomic E-state index is 0.0986. The summed E-state index contributed by atoms with van der Waals surface area (Å²) in [6.45, 7) is 6.53. The number of rotatable bonds is 2. The molecule has 2 aromatic rings. The Labute approximate surface area is 158 Å². The zero-order valence-corrected chi connectivity index (χ0v) is 16.5. The number of aromatic nitrogens is 3. The lowest BCUT2D eigenvalue weighted by molar-refractivity contribution is 0.0708. The summed E-state index contributed by atoms with van der Waals surface area (Å²) in [6, 6.07) is 0. The van der Waals surface area contributed by atoms with Crippen LogP contribution in [0, 0.1) is 13.8 Å². The monoisotopic (exact) mass is 371 g/mol. The highest BCUT2D eigenvalue weighted by Crippen LogP contribution is 2.31. The fraction of sp³-hybridized carbons (Fsp3) is 0.579. The SMILES string of the molecule is Cc1ncsc1C(=O)N1CCCC(c2nc(C)c3c(n2)N(C)CCC3)C1. The smallest absolute Gasteiger partial charge is 0.265 e. The van der Waals surface area contributed by atoms with E-state index >= 15 is 0 Å². The van der Waals surface area contributed by atoms with E-state index in [1.165, 1.54) is 16.9 Å². The second kappa shape index (κ2) is 6.95. The Bertz CT molecular complexity index is 833. The lowest BCUT2D eigenvalue weighted by atomic mass is 9.96. The van der Waals surface area contributed by atoms with Gasteiger partial charge in [-0.25, -0.2) is 15.0 Å². The fourth-order valence-electron chi connectivity index (χ4n) is 4.02. The predicted molar refractivity (Wildman–Crippen MR) is 103 cm³/mol. The lowest BCUT2D eigenvalue weighted by Gasteiger charge is -2.33. The number of likely N-dealkylation sites (tertiary alicyclic amines) is 1. The summed E-state index contributed by atoms with van der Waals surface area (Å²) in [6.07, 6.45) is 4.25. The van der Waals surface area contributed by atoms with Crippen molar-refractivity contribution in [2.45, 2.75) is 45.4 Å². The highest BCUT2D eigenvalue weighted by Gasteiger charge is 2.30. The summed E-state index contributed by atoms with van der Waals surface area (Å²) in [4.78, 5) is 31.8. The van der Waals surface area contributed by atoms with E-state index in [0.717, 1.165) is 66.7 Å². The van der Waals surface area contributed by atoms with Crippen molar-refractivity contribution < 1.29 is 4.79 Å². The predicted octanol–water partition coefficient (Wildman–Crippen LogP) is 2.95. The largest absolute Gasteiger partial charge is 0.359 e. The average molecular weight is 372 g/mol. The number of carbonyl (C=O) groups excluding carboxylic acids is 1. The Kier molecular flexibility index (Phi) is 4.65. The van der Waals surface area contributed by atoms with Crippen molar-refractivity contribution in [3.05, 3.63) is 33.2 Å². The van der Waals surface area contributed by atoms with Gasteiger partial charge in [0.15, 0.2) is 0 Å². The van der Waals surface area contributed by atoms with Crippen molar-refractivity contribution in [2.24, 2.45) is 0 Å². The van der Waals surface area contributed by atoms with E-state index in [-0.39, 0.29) is 11.8 Å². The van der Waals surface area contributed by atoms with Gasteiger partial charge in [0, 0.05) is 43.9 Å². The number of thiazole rings is 1. The molecule has 0 spiro atoms. The van der Waals surface area contributed by atoms with Crippen LogP contribution < -0.4 is 4.90 Å². The fourth-order valence-corrected chi connectivity index (χ4v) is 4.78. The molecule has 0 bridgehead atoms. The van der Waals surface area contributed by atoms with E-state index in [2.05, 4.69) is 23.9 Å². The Morgan fingerprint density at radius 2 is 2.04 bits per heavy atom. The van der Waals surface area contributed by atoms with Gasteiger partial charge in [0.05, 0.1) is 11.2 Å². The Morgan fingerprint density at radius 1 is 1.19 bits per heavy atom. The average Bonchev–Trinajstić information content (AvgIpc) is 3.08. The summed E-state index contributed by atoms with van der Waals surface area (Å²) >= 11 is 1.43. The van der Waals surface area contributed by atoms with Crippen LogP contribution in [0.1, 0.15) is 57.6 Å². The molecule has 0 saturated carbocycles. The Hall–Kier alpha value is -2.02. The molecule has 2 aromatic heterocycles. The Morgan fingerprint density at radius 3 is 2.81 bits per heavy atom. The van der Waals surface area contributed by atoms with E-state index in [0.29, 0.717) is 6.54 Å². The molecule has 0 aromatic carbocycles. The second-order valence-electron chi connectivity index (χ2n) is 7.35. The van der Waals surface area contributed by atoms with Gasteiger partial charge in [-0.2, -0.15) is 0 Å². The molecular weight excluding hydrogens is 346 g/mol. The second-order valence-corrected chi connectivity index (χ2v) is 8.21. The zero-order valence-electron chi connectivity index (χ0n) is 15.7. The quantitative estimate of drug-likeness (QED) is 0.812. The van der Waals surface area contributed by atoms with E-state index < -0.39 is 0 Å². The molecule has 2 aliphatic rings. The van der Waals surface area contributed by atoms with Gasteiger partial charge in [-0.15, -0.1) is 11.3 Å². The normalized spacial score (nSPS) is 20.2. The first kappa shape index (κ1) is 17.4. The van der Waals surface area contributed by atoms with Crippen LogP contribution in [0.25, 0.3) is 0 Å². The number of piperidine rings is 1. The maximum atomic E-state index is 12.9. The van der Waals surface area contributed by atoms with E-state index in [1.807, 2.05) is 11.8 Å². The number of hydrogen-bond acceptors (Lipinski definition) is 6. The molecule has 0 radical (unpaired) electrons. The molecule has 1 saturated heterocycles. The number of nitrogens with zero attached hydrogens (tertiary/aromatic N) is 5. The number of carbonyl (C=O) groups is 1. The number of fused-ring (bicyclic) bond motifs is 1. The van der Waals surface area contributed by atoms with Crippen molar-refractivity contribution in [3.8, 4) is 0 Å². The molecule has 1 unspecified atom stereocenters. The van der Waals surface area contributed by atoms with Crippen LogP contribution in [0.15, 0.2) is 5.51 Å². The maximum Gasteiger partial charge on any atom is 0.265 e. The third-order valence-corrected chi connectivity index (χ3v) is 6.42. The molecule has 7 heteroatoms. The highest BCUT2D eigenvalue weighted by atomic mass is 32.1. The van der Waals surface area contributed by atoms with Crippen LogP contribution in [-0.4, -0.2) is 52.4 Å². The highest BCUT2D eigenvalue weighted by molar-refractivity contribution is 7.11. The van der Waals surface area contributed by atoms with Gasteiger partial charge in [0.2, 0.25) is 0 Å². The molecule has 0 aliphatic carbocycles. The molecule has 1 atom stereocenters. The minimum absolute atomic E-state index is 0.0986. The summed E-state index contributed by atoms with van der Waals surface area (Å²) in [5, 5.41) is 0. The molecular formula is C19H25N5OS. The number of anilines is 1. The van der Waals surface area contributed by atoms with Crippen LogP contribution in [0.2, 0.25) is 0 Å². The van der Waals surface area contributed by atoms with Crippen LogP contribution in [0.3, 0.4) is 0 Å². The van der Waals surface area contributed by atoms with Gasteiger partial charge < -0.3 is 9.80 Å². The first-order chi connectivity index (χ1) is 12.5. The molecule has 4 rings (SSSR count). The molecule has 4 heterocycles. The van der Waals surface area contributed by atoms with E-state index in [1.54, 1.807) is 5.51 Å². The van der Waals surface area contributed by atoms with Crippen molar-refractivity contribution in [1.82, 2.24) is 19.9 Å². The van der Waals surface area contributed by atoms with Gasteiger partial charge in [0.25, 0.3) is 5.91 Å². The van der Waals surface area contributed by atoms with Gasteiger partial charge in [-0.05, 0) is 39.5 Å². The molecule has 1 amide bonds. The third-order valence-electron chi connectivity index (χ3n) is 5.50. The molecule has 0 N–H and O–H groups in total. The van der Waals surface area contributed by atoms with Gasteiger partial charge >= 0.3 is 0 Å². The molecule has 6 nitrogen and oxygen atoms in total. The van der Waals surface area contributed by atoms with Crippen molar-refractivity contribution in [3.63, 3.8) is 0 Å². The third kappa shape index (κ3) is 3.09.